The molecule has 0 saturated carbocycles. The number of amides is 1. The molecule has 9 nitrogen and oxygen atoms in total. The van der Waals surface area contributed by atoms with Crippen LogP contribution in [0.1, 0.15) is 5.69 Å². The fourth-order valence-corrected chi connectivity index (χ4v) is 3.57. The highest BCUT2D eigenvalue weighted by molar-refractivity contribution is 7.13. The third-order valence-corrected chi connectivity index (χ3v) is 5.25. The number of methoxy groups -OCH3 is 1. The summed E-state index contributed by atoms with van der Waals surface area (Å²) >= 11 is 7.30. The van der Waals surface area contributed by atoms with Gasteiger partial charge in [-0.2, -0.15) is 0 Å². The van der Waals surface area contributed by atoms with Gasteiger partial charge in [0, 0.05) is 23.1 Å². The zero-order valence-electron chi connectivity index (χ0n) is 16.2. The Labute approximate surface area is 185 Å². The molecule has 160 valence electrons. The lowest BCUT2D eigenvalue weighted by atomic mass is 10.2. The standard InChI is InChI=1S/C20H16ClN3O6S/c1-29-15-4-2-3-12(7-15)20-22-13(11-31-20)8-19(26)30-10-18(25)23-17-6-5-14(24(27)28)9-16(17)21/h2-7,9,11H,8,10H2,1H3,(H,23,25). The Hall–Kier alpha value is -3.50. The molecule has 11 heteroatoms. The van der Waals surface area contributed by atoms with Crippen molar-refractivity contribution < 1.29 is 24.0 Å². The van der Waals surface area contributed by atoms with Crippen molar-refractivity contribution in [3.05, 3.63) is 68.7 Å². The summed E-state index contributed by atoms with van der Waals surface area (Å²) in [5.41, 5.74) is 1.36. The minimum Gasteiger partial charge on any atom is -0.497 e. The van der Waals surface area contributed by atoms with E-state index in [0.29, 0.717) is 11.4 Å². The number of nitro benzene ring substituents is 1. The second-order valence-corrected chi connectivity index (χ2v) is 7.45. The molecule has 0 spiro atoms. The number of ether oxygens (including phenoxy) is 2. The van der Waals surface area contributed by atoms with Crippen molar-refractivity contribution in [2.75, 3.05) is 19.0 Å². The van der Waals surface area contributed by atoms with Crippen LogP contribution in [0, 0.1) is 10.1 Å². The molecule has 0 aliphatic carbocycles. The molecule has 0 saturated heterocycles. The van der Waals surface area contributed by atoms with Crippen molar-refractivity contribution in [3.63, 3.8) is 0 Å². The Morgan fingerprint density at radius 1 is 1.26 bits per heavy atom. The summed E-state index contributed by atoms with van der Waals surface area (Å²) in [6.07, 6.45) is -0.0912. The zero-order valence-corrected chi connectivity index (χ0v) is 17.7. The lowest BCUT2D eigenvalue weighted by molar-refractivity contribution is -0.384. The van der Waals surface area contributed by atoms with E-state index in [0.717, 1.165) is 16.6 Å². The molecule has 3 aromatic rings. The Kier molecular flexibility index (Phi) is 7.16. The second-order valence-electron chi connectivity index (χ2n) is 6.18. The highest BCUT2D eigenvalue weighted by atomic mass is 35.5. The summed E-state index contributed by atoms with van der Waals surface area (Å²) in [4.78, 5) is 38.6. The first-order valence-electron chi connectivity index (χ1n) is 8.84. The molecule has 0 bridgehead atoms. The van der Waals surface area contributed by atoms with Gasteiger partial charge in [0.05, 0.1) is 34.9 Å². The molecule has 0 aliphatic rings. The van der Waals surface area contributed by atoms with Gasteiger partial charge in [0.15, 0.2) is 6.61 Å². The van der Waals surface area contributed by atoms with Crippen LogP contribution < -0.4 is 10.1 Å². The fraction of sp³-hybridized carbons (Fsp3) is 0.150. The molecule has 31 heavy (non-hydrogen) atoms. The summed E-state index contributed by atoms with van der Waals surface area (Å²) < 4.78 is 10.2. The summed E-state index contributed by atoms with van der Waals surface area (Å²) in [5, 5.41) is 15.6. The molecule has 0 radical (unpaired) electrons. The number of nitro groups is 1. The van der Waals surface area contributed by atoms with Gasteiger partial charge in [0.1, 0.15) is 10.8 Å². The van der Waals surface area contributed by atoms with Crippen LogP contribution in [-0.2, 0) is 20.7 Å². The van der Waals surface area contributed by atoms with E-state index in [2.05, 4.69) is 10.3 Å². The van der Waals surface area contributed by atoms with E-state index in [1.807, 2.05) is 24.3 Å². The lowest BCUT2D eigenvalue weighted by Gasteiger charge is -2.07. The maximum atomic E-state index is 12.0. The number of anilines is 1. The molecule has 3 rings (SSSR count). The Morgan fingerprint density at radius 3 is 2.77 bits per heavy atom. The number of non-ortho nitro benzene ring substituents is 1. The Morgan fingerprint density at radius 2 is 2.06 bits per heavy atom. The van der Waals surface area contributed by atoms with Crippen molar-refractivity contribution >= 4 is 46.2 Å². The minimum absolute atomic E-state index is 0.00132. The topological polar surface area (TPSA) is 121 Å². The minimum atomic E-state index is -0.626. The van der Waals surface area contributed by atoms with Gasteiger partial charge < -0.3 is 14.8 Å². The number of hydrogen-bond donors (Lipinski definition) is 1. The number of nitrogens with one attached hydrogen (secondary N) is 1. The maximum absolute atomic E-state index is 12.0. The number of carbonyl (C=O) groups is 2. The number of aromatic nitrogens is 1. The van der Waals surface area contributed by atoms with Crippen LogP contribution in [0.15, 0.2) is 47.8 Å². The number of esters is 1. The second kappa shape index (κ2) is 10.0. The van der Waals surface area contributed by atoms with Crippen LogP contribution in [0.25, 0.3) is 10.6 Å². The van der Waals surface area contributed by atoms with E-state index < -0.39 is 23.4 Å². The first-order chi connectivity index (χ1) is 14.9. The van der Waals surface area contributed by atoms with Crippen molar-refractivity contribution in [1.29, 1.82) is 0 Å². The monoisotopic (exact) mass is 461 g/mol. The van der Waals surface area contributed by atoms with Crippen molar-refractivity contribution in [2.24, 2.45) is 0 Å². The van der Waals surface area contributed by atoms with Gasteiger partial charge in [-0.05, 0) is 18.2 Å². The summed E-state index contributed by atoms with van der Waals surface area (Å²) in [5.74, 6) is -0.542. The van der Waals surface area contributed by atoms with Crippen molar-refractivity contribution in [2.45, 2.75) is 6.42 Å². The lowest BCUT2D eigenvalue weighted by Crippen LogP contribution is -2.21. The molecule has 0 aliphatic heterocycles. The highest BCUT2D eigenvalue weighted by Crippen LogP contribution is 2.28. The van der Waals surface area contributed by atoms with E-state index in [4.69, 9.17) is 21.1 Å². The highest BCUT2D eigenvalue weighted by Gasteiger charge is 2.15. The van der Waals surface area contributed by atoms with E-state index in [1.165, 1.54) is 23.5 Å². The van der Waals surface area contributed by atoms with Crippen molar-refractivity contribution in [3.8, 4) is 16.3 Å². The molecule has 1 N–H and O–H groups in total. The van der Waals surface area contributed by atoms with E-state index in [1.54, 1.807) is 12.5 Å². The van der Waals surface area contributed by atoms with Crippen LogP contribution in [0.4, 0.5) is 11.4 Å². The van der Waals surface area contributed by atoms with Gasteiger partial charge in [-0.15, -0.1) is 11.3 Å². The van der Waals surface area contributed by atoms with Gasteiger partial charge in [0.2, 0.25) is 0 Å². The summed E-state index contributed by atoms with van der Waals surface area (Å²) in [6, 6.07) is 11.0. The number of benzene rings is 2. The summed E-state index contributed by atoms with van der Waals surface area (Å²) in [7, 11) is 1.58. The maximum Gasteiger partial charge on any atom is 0.312 e. The molecule has 0 atom stereocenters. The molecule has 1 amide bonds. The van der Waals surface area contributed by atoms with Crippen molar-refractivity contribution in [1.82, 2.24) is 4.98 Å². The predicted molar refractivity (Wildman–Crippen MR) is 116 cm³/mol. The van der Waals surface area contributed by atoms with E-state index in [-0.39, 0.29) is 22.8 Å². The van der Waals surface area contributed by atoms with Gasteiger partial charge in [-0.25, -0.2) is 4.98 Å². The first-order valence-corrected chi connectivity index (χ1v) is 10.1. The third-order valence-electron chi connectivity index (χ3n) is 4.00. The molecule has 1 heterocycles. The average molecular weight is 462 g/mol. The van der Waals surface area contributed by atoms with E-state index >= 15 is 0 Å². The van der Waals surface area contributed by atoms with Gasteiger partial charge in [-0.3, -0.25) is 19.7 Å². The zero-order chi connectivity index (χ0) is 22.4. The molecule has 0 fully saturated rings. The number of halogens is 1. The van der Waals surface area contributed by atoms with Gasteiger partial charge in [0.25, 0.3) is 11.6 Å². The first kappa shape index (κ1) is 22.2. The number of nitrogens with zero attached hydrogens (tertiary/aromatic N) is 2. The number of hydrogen-bond acceptors (Lipinski definition) is 8. The number of carbonyl (C=O) groups excluding carboxylic acids is 2. The quantitative estimate of drug-likeness (QED) is 0.304. The predicted octanol–water partition coefficient (Wildman–Crippen LogP) is 4.10. The largest absolute Gasteiger partial charge is 0.497 e. The Balaban J connectivity index is 1.52. The normalized spacial score (nSPS) is 10.4. The van der Waals surface area contributed by atoms with Gasteiger partial charge in [-0.1, -0.05) is 23.7 Å². The number of rotatable bonds is 8. The molecule has 0 unspecified atom stereocenters. The van der Waals surface area contributed by atoms with E-state index in [9.17, 15) is 19.7 Å². The molecular formula is C20H16ClN3O6S. The SMILES string of the molecule is COc1cccc(-c2nc(CC(=O)OCC(=O)Nc3ccc([N+](=O)[O-])cc3Cl)cs2)c1. The van der Waals surface area contributed by atoms with Crippen LogP contribution >= 0.6 is 22.9 Å². The molecular weight excluding hydrogens is 446 g/mol. The summed E-state index contributed by atoms with van der Waals surface area (Å²) in [6.45, 7) is -0.529. The Bertz CT molecular complexity index is 1130. The van der Waals surface area contributed by atoms with Gasteiger partial charge >= 0.3 is 5.97 Å². The third kappa shape index (κ3) is 6.00. The smallest absolute Gasteiger partial charge is 0.312 e. The van der Waals surface area contributed by atoms with Crippen LogP contribution in [-0.4, -0.2) is 35.5 Å². The van der Waals surface area contributed by atoms with Crippen LogP contribution in [0.3, 0.4) is 0 Å². The average Bonchev–Trinajstić information content (AvgIpc) is 3.22. The van der Waals surface area contributed by atoms with Crippen LogP contribution in [0.5, 0.6) is 5.75 Å². The fourth-order valence-electron chi connectivity index (χ4n) is 2.53. The number of thiazole rings is 1. The molecule has 1 aromatic heterocycles. The van der Waals surface area contributed by atoms with Crippen LogP contribution in [0.2, 0.25) is 5.02 Å². The molecule has 2 aromatic carbocycles.